The Bertz CT molecular complexity index is 405. The predicted molar refractivity (Wildman–Crippen MR) is 67.3 cm³/mol. The Balaban J connectivity index is 2.90. The first-order chi connectivity index (χ1) is 7.38. The number of anilines is 1. The number of aromatic hydroxyl groups is 1. The van der Waals surface area contributed by atoms with E-state index in [1.807, 2.05) is 0 Å². The molecule has 0 saturated heterocycles. The van der Waals surface area contributed by atoms with Crippen LogP contribution in [0.4, 0.5) is 5.69 Å². The minimum Gasteiger partial charge on any atom is -0.505 e. The van der Waals surface area contributed by atoms with Gasteiger partial charge in [-0.3, -0.25) is 4.79 Å². The van der Waals surface area contributed by atoms with E-state index < -0.39 is 5.41 Å². The van der Waals surface area contributed by atoms with Crippen molar-refractivity contribution >= 4 is 27.5 Å². The average Bonchev–Trinajstić information content (AvgIpc) is 2.24. The van der Waals surface area contributed by atoms with Crippen LogP contribution < -0.4 is 11.1 Å². The van der Waals surface area contributed by atoms with Gasteiger partial charge in [0, 0.05) is 6.54 Å². The molecule has 1 rings (SSSR count). The van der Waals surface area contributed by atoms with Gasteiger partial charge in [0.25, 0.3) is 0 Å². The number of para-hydroxylation sites is 1. The number of benzene rings is 1. The Morgan fingerprint density at radius 2 is 2.19 bits per heavy atom. The Morgan fingerprint density at radius 1 is 1.56 bits per heavy atom. The minimum absolute atomic E-state index is 0.0173. The molecule has 1 aromatic carbocycles. The molecule has 0 spiro atoms. The van der Waals surface area contributed by atoms with Crippen LogP contribution in [-0.2, 0) is 4.79 Å². The number of phenols is 1. The minimum atomic E-state index is -0.658. The fourth-order valence-electron chi connectivity index (χ4n) is 1.00. The van der Waals surface area contributed by atoms with Crippen LogP contribution in [0.1, 0.15) is 13.8 Å². The summed E-state index contributed by atoms with van der Waals surface area (Å²) in [4.78, 5) is 11.8. The normalized spacial score (nSPS) is 11.2. The van der Waals surface area contributed by atoms with E-state index in [2.05, 4.69) is 21.2 Å². The van der Waals surface area contributed by atoms with Gasteiger partial charge in [0.05, 0.1) is 15.6 Å². The highest BCUT2D eigenvalue weighted by atomic mass is 79.9. The van der Waals surface area contributed by atoms with Gasteiger partial charge in [-0.05, 0) is 41.9 Å². The Hall–Kier alpha value is -1.07. The molecule has 0 aliphatic heterocycles. The molecule has 1 amide bonds. The van der Waals surface area contributed by atoms with E-state index in [9.17, 15) is 9.90 Å². The van der Waals surface area contributed by atoms with Crippen molar-refractivity contribution in [1.82, 2.24) is 0 Å². The van der Waals surface area contributed by atoms with E-state index in [0.29, 0.717) is 10.2 Å². The summed E-state index contributed by atoms with van der Waals surface area (Å²) < 4.78 is 0.538. The van der Waals surface area contributed by atoms with Crippen LogP contribution in [0.5, 0.6) is 5.75 Å². The molecule has 4 nitrogen and oxygen atoms in total. The van der Waals surface area contributed by atoms with Crippen LogP contribution >= 0.6 is 15.9 Å². The molecule has 0 fully saturated rings. The third kappa shape index (κ3) is 2.74. The molecule has 0 unspecified atom stereocenters. The second-order valence-corrected chi connectivity index (χ2v) is 5.03. The molecule has 5 heteroatoms. The van der Waals surface area contributed by atoms with Crippen molar-refractivity contribution in [1.29, 1.82) is 0 Å². The lowest BCUT2D eigenvalue weighted by Gasteiger charge is -2.21. The molecular weight excluding hydrogens is 272 g/mol. The number of carbonyl (C=O) groups is 1. The lowest BCUT2D eigenvalue weighted by molar-refractivity contribution is -0.123. The maximum absolute atomic E-state index is 11.8. The summed E-state index contributed by atoms with van der Waals surface area (Å²) in [5, 5.41) is 12.3. The van der Waals surface area contributed by atoms with Gasteiger partial charge in [-0.25, -0.2) is 0 Å². The molecule has 0 heterocycles. The Kier molecular flexibility index (Phi) is 3.93. The summed E-state index contributed by atoms with van der Waals surface area (Å²) in [6.07, 6.45) is 0. The van der Waals surface area contributed by atoms with Crippen LogP contribution in [0, 0.1) is 5.41 Å². The fraction of sp³-hybridized carbons (Fsp3) is 0.364. The standard InChI is InChI=1S/C11H15BrN2O2/c1-11(2,6-13)10(16)14-8-5-3-4-7(12)9(8)15/h3-5,15H,6,13H2,1-2H3,(H,14,16). The van der Waals surface area contributed by atoms with Crippen molar-refractivity contribution in [2.45, 2.75) is 13.8 Å². The quantitative estimate of drug-likeness (QED) is 0.745. The van der Waals surface area contributed by atoms with Crippen molar-refractivity contribution < 1.29 is 9.90 Å². The number of halogens is 1. The number of hydrogen-bond acceptors (Lipinski definition) is 3. The number of phenolic OH excluding ortho intramolecular Hbond substituents is 1. The van der Waals surface area contributed by atoms with E-state index in [1.54, 1.807) is 32.0 Å². The molecule has 16 heavy (non-hydrogen) atoms. The van der Waals surface area contributed by atoms with Crippen LogP contribution in [0.3, 0.4) is 0 Å². The molecule has 0 bridgehead atoms. The molecule has 0 aliphatic carbocycles. The third-order valence-electron chi connectivity index (χ3n) is 2.36. The number of nitrogens with two attached hydrogens (primary N) is 1. The number of nitrogens with one attached hydrogen (secondary N) is 1. The van der Waals surface area contributed by atoms with Crippen LogP contribution in [0.15, 0.2) is 22.7 Å². The lowest BCUT2D eigenvalue weighted by Crippen LogP contribution is -2.37. The molecule has 0 aliphatic rings. The third-order valence-corrected chi connectivity index (χ3v) is 3.00. The van der Waals surface area contributed by atoms with Gasteiger partial charge in [0.2, 0.25) is 5.91 Å². The maximum Gasteiger partial charge on any atom is 0.231 e. The largest absolute Gasteiger partial charge is 0.505 e. The number of amides is 1. The number of carbonyl (C=O) groups excluding carboxylic acids is 1. The van der Waals surface area contributed by atoms with E-state index in [1.165, 1.54) is 0 Å². The Labute approximate surface area is 103 Å². The SMILES string of the molecule is CC(C)(CN)C(=O)Nc1cccc(Br)c1O. The molecule has 1 aromatic rings. The molecule has 0 radical (unpaired) electrons. The average molecular weight is 287 g/mol. The summed E-state index contributed by atoms with van der Waals surface area (Å²) in [7, 11) is 0. The van der Waals surface area contributed by atoms with Gasteiger partial charge < -0.3 is 16.2 Å². The van der Waals surface area contributed by atoms with E-state index >= 15 is 0 Å². The van der Waals surface area contributed by atoms with Crippen LogP contribution in [-0.4, -0.2) is 17.6 Å². The highest BCUT2D eigenvalue weighted by Crippen LogP contribution is 2.32. The van der Waals surface area contributed by atoms with Gasteiger partial charge in [0.15, 0.2) is 5.75 Å². The molecular formula is C11H15BrN2O2. The molecule has 0 atom stereocenters. The van der Waals surface area contributed by atoms with E-state index in [-0.39, 0.29) is 18.2 Å². The van der Waals surface area contributed by atoms with Gasteiger partial charge in [-0.15, -0.1) is 0 Å². The highest BCUT2D eigenvalue weighted by Gasteiger charge is 2.26. The van der Waals surface area contributed by atoms with Crippen molar-refractivity contribution in [3.05, 3.63) is 22.7 Å². The summed E-state index contributed by atoms with van der Waals surface area (Å²) in [6.45, 7) is 3.74. The smallest absolute Gasteiger partial charge is 0.231 e. The van der Waals surface area contributed by atoms with Crippen molar-refractivity contribution in [2.24, 2.45) is 11.1 Å². The summed E-state index contributed by atoms with van der Waals surface area (Å²) in [6, 6.07) is 5.05. The van der Waals surface area contributed by atoms with Gasteiger partial charge in [0.1, 0.15) is 0 Å². The van der Waals surface area contributed by atoms with Crippen LogP contribution in [0.2, 0.25) is 0 Å². The second kappa shape index (κ2) is 4.84. The van der Waals surface area contributed by atoms with Crippen molar-refractivity contribution in [3.63, 3.8) is 0 Å². The highest BCUT2D eigenvalue weighted by molar-refractivity contribution is 9.10. The maximum atomic E-state index is 11.8. The van der Waals surface area contributed by atoms with Crippen molar-refractivity contribution in [2.75, 3.05) is 11.9 Å². The Morgan fingerprint density at radius 3 is 2.75 bits per heavy atom. The predicted octanol–water partition coefficient (Wildman–Crippen LogP) is 2.08. The lowest BCUT2D eigenvalue weighted by atomic mass is 9.92. The monoisotopic (exact) mass is 286 g/mol. The fourth-order valence-corrected chi connectivity index (χ4v) is 1.37. The molecule has 88 valence electrons. The summed E-state index contributed by atoms with van der Waals surface area (Å²) in [5.41, 5.74) is 5.21. The topological polar surface area (TPSA) is 75.4 Å². The first-order valence-corrected chi connectivity index (χ1v) is 5.67. The van der Waals surface area contributed by atoms with E-state index in [4.69, 9.17) is 5.73 Å². The number of rotatable bonds is 3. The first kappa shape index (κ1) is 13.0. The molecule has 4 N–H and O–H groups in total. The van der Waals surface area contributed by atoms with E-state index in [0.717, 1.165) is 0 Å². The zero-order chi connectivity index (χ0) is 12.3. The van der Waals surface area contributed by atoms with Crippen molar-refractivity contribution in [3.8, 4) is 5.75 Å². The van der Waals surface area contributed by atoms with Crippen LogP contribution in [0.25, 0.3) is 0 Å². The summed E-state index contributed by atoms with van der Waals surface area (Å²) >= 11 is 3.18. The molecule has 0 saturated carbocycles. The van der Waals surface area contributed by atoms with Gasteiger partial charge >= 0.3 is 0 Å². The van der Waals surface area contributed by atoms with Gasteiger partial charge in [-0.2, -0.15) is 0 Å². The van der Waals surface area contributed by atoms with Gasteiger partial charge in [-0.1, -0.05) is 6.07 Å². The zero-order valence-electron chi connectivity index (χ0n) is 9.25. The first-order valence-electron chi connectivity index (χ1n) is 4.87. The zero-order valence-corrected chi connectivity index (χ0v) is 10.8. The molecule has 0 aromatic heterocycles. The number of hydrogen-bond donors (Lipinski definition) is 3. The second-order valence-electron chi connectivity index (χ2n) is 4.18. The summed E-state index contributed by atoms with van der Waals surface area (Å²) in [5.74, 6) is -0.202.